The van der Waals surface area contributed by atoms with Crippen LogP contribution in [0.3, 0.4) is 0 Å². The Hall–Kier alpha value is -6.01. The van der Waals surface area contributed by atoms with E-state index in [2.05, 4.69) is 4.98 Å². The Balaban J connectivity index is 0.914. The molecule has 2 N–H and O–H groups in total. The lowest BCUT2D eigenvalue weighted by atomic mass is 9.48. The SMILES string of the molecule is CC1(C)C(Oc2ccc(C#N)c(Cl)c2)C(C)(C)C1N1C(=O)CCC(N2C(=O)c3ccc(OCCCCCN4CCN(c5ccc(C(N)=O)cn5)CC4=O)cc3C2=O)C1=O. The number of aromatic nitrogens is 1. The standard InChI is InChI=1S/C43H46ClN7O8/c1-42(2)40(43(3,4)41(42)59-28-10-8-25(22-45)31(44)21-28)51-34(52)15-13-32(39(51)57)50-37(55)29-12-11-27(20-30(29)38(50)56)58-19-7-5-6-16-48-17-18-49(24-35(48)53)33-14-9-26(23-47-33)36(46)54/h8-12,14,20-21,23,32,40-41H,5-7,13,15-19,24H2,1-4H3,(H2,46,54). The topological polar surface area (TPSA) is 197 Å². The molecule has 3 aromatic rings. The maximum absolute atomic E-state index is 14.3. The van der Waals surface area contributed by atoms with Gasteiger partial charge in [-0.15, -0.1) is 0 Å². The quantitative estimate of drug-likeness (QED) is 0.187. The van der Waals surface area contributed by atoms with Gasteiger partial charge in [0.15, 0.2) is 0 Å². The number of hydrogen-bond acceptors (Lipinski definition) is 11. The fourth-order valence-electron chi connectivity index (χ4n) is 9.41. The van der Waals surface area contributed by atoms with Crippen LogP contribution in [-0.4, -0.2) is 106 Å². The maximum atomic E-state index is 14.3. The van der Waals surface area contributed by atoms with Gasteiger partial charge in [-0.3, -0.25) is 38.6 Å². The number of piperidine rings is 1. The van der Waals surface area contributed by atoms with Crippen LogP contribution in [0.5, 0.6) is 11.5 Å². The summed E-state index contributed by atoms with van der Waals surface area (Å²) in [6.07, 6.45) is 3.22. The number of piperazine rings is 1. The number of ether oxygens (including phenoxy) is 2. The molecule has 6 amide bonds. The lowest BCUT2D eigenvalue weighted by Crippen LogP contribution is -2.77. The Morgan fingerprint density at radius 3 is 2.29 bits per heavy atom. The highest BCUT2D eigenvalue weighted by atomic mass is 35.5. The molecule has 4 aliphatic rings. The zero-order valence-electron chi connectivity index (χ0n) is 33.4. The zero-order chi connectivity index (χ0) is 42.4. The van der Waals surface area contributed by atoms with E-state index in [1.165, 1.54) is 23.2 Å². The summed E-state index contributed by atoms with van der Waals surface area (Å²) < 4.78 is 12.3. The average molecular weight is 824 g/mol. The summed E-state index contributed by atoms with van der Waals surface area (Å²) in [7, 11) is 0. The molecule has 0 spiro atoms. The van der Waals surface area contributed by atoms with Crippen molar-refractivity contribution in [2.24, 2.45) is 16.6 Å². The number of pyridine rings is 1. The smallest absolute Gasteiger partial charge is 0.262 e. The molecular formula is C43H46ClN7O8. The number of carbonyl (C=O) groups excluding carboxylic acids is 6. The summed E-state index contributed by atoms with van der Waals surface area (Å²) in [5, 5.41) is 9.51. The number of fused-ring (bicyclic) bond motifs is 1. The molecule has 59 heavy (non-hydrogen) atoms. The minimum Gasteiger partial charge on any atom is -0.494 e. The maximum Gasteiger partial charge on any atom is 0.262 e. The highest BCUT2D eigenvalue weighted by molar-refractivity contribution is 6.31. The first kappa shape index (κ1) is 41.2. The normalized spacial score (nSPS) is 22.2. The van der Waals surface area contributed by atoms with E-state index >= 15 is 0 Å². The molecule has 2 aromatic carbocycles. The number of unbranched alkanes of at least 4 members (excludes halogenated alkanes) is 2. The lowest BCUT2D eigenvalue weighted by molar-refractivity contribution is -0.216. The van der Waals surface area contributed by atoms with Crippen molar-refractivity contribution in [3.63, 3.8) is 0 Å². The number of benzene rings is 2. The van der Waals surface area contributed by atoms with E-state index in [1.807, 2.05) is 43.6 Å². The van der Waals surface area contributed by atoms with E-state index in [0.717, 1.165) is 17.7 Å². The molecule has 1 saturated carbocycles. The molecule has 15 nitrogen and oxygen atoms in total. The van der Waals surface area contributed by atoms with E-state index in [1.54, 1.807) is 36.4 Å². The van der Waals surface area contributed by atoms with Crippen molar-refractivity contribution in [1.82, 2.24) is 19.7 Å². The molecule has 0 radical (unpaired) electrons. The first-order chi connectivity index (χ1) is 28.0. The van der Waals surface area contributed by atoms with Gasteiger partial charge >= 0.3 is 0 Å². The monoisotopic (exact) mass is 823 g/mol. The molecule has 16 heteroatoms. The number of carbonyl (C=O) groups is 6. The highest BCUT2D eigenvalue weighted by Crippen LogP contribution is 2.58. The van der Waals surface area contributed by atoms with E-state index in [9.17, 15) is 34.0 Å². The Morgan fingerprint density at radius 1 is 0.898 bits per heavy atom. The molecule has 308 valence electrons. The zero-order valence-corrected chi connectivity index (χ0v) is 34.2. The molecule has 1 aliphatic carbocycles. The van der Waals surface area contributed by atoms with Gasteiger partial charge in [0.25, 0.3) is 17.7 Å². The van der Waals surface area contributed by atoms with E-state index in [0.29, 0.717) is 61.1 Å². The van der Waals surface area contributed by atoms with Gasteiger partial charge in [0.1, 0.15) is 35.5 Å². The number of halogens is 1. The summed E-state index contributed by atoms with van der Waals surface area (Å²) in [4.78, 5) is 89.7. The van der Waals surface area contributed by atoms with Gasteiger partial charge in [0, 0.05) is 49.1 Å². The Morgan fingerprint density at radius 2 is 1.63 bits per heavy atom. The summed E-state index contributed by atoms with van der Waals surface area (Å²) in [6, 6.07) is 13.0. The minimum atomic E-state index is -1.16. The van der Waals surface area contributed by atoms with Crippen molar-refractivity contribution in [2.75, 3.05) is 37.7 Å². The molecule has 4 heterocycles. The second-order valence-electron chi connectivity index (χ2n) is 16.6. The number of anilines is 1. The van der Waals surface area contributed by atoms with Gasteiger partial charge in [-0.2, -0.15) is 5.26 Å². The van der Waals surface area contributed by atoms with E-state index in [-0.39, 0.29) is 47.4 Å². The lowest BCUT2D eigenvalue weighted by Gasteiger charge is -2.65. The Kier molecular flexibility index (Phi) is 11.1. The Labute approximate surface area is 347 Å². The van der Waals surface area contributed by atoms with Gasteiger partial charge in [-0.1, -0.05) is 39.3 Å². The first-order valence-electron chi connectivity index (χ1n) is 19.7. The molecule has 1 atom stereocenters. The fraction of sp³-hybridized carbons (Fsp3) is 0.442. The predicted molar refractivity (Wildman–Crippen MR) is 215 cm³/mol. The summed E-state index contributed by atoms with van der Waals surface area (Å²) in [6.45, 7) is 9.95. The number of likely N-dealkylation sites (tertiary alicyclic amines) is 1. The number of amides is 6. The second-order valence-corrected chi connectivity index (χ2v) is 17.0. The number of nitrogens with two attached hydrogens (primary N) is 1. The van der Waals surface area contributed by atoms with Crippen LogP contribution >= 0.6 is 11.6 Å². The molecule has 2 saturated heterocycles. The van der Waals surface area contributed by atoms with Crippen LogP contribution in [0.15, 0.2) is 54.7 Å². The van der Waals surface area contributed by atoms with Crippen LogP contribution < -0.4 is 20.1 Å². The Bertz CT molecular complexity index is 2260. The molecule has 3 fully saturated rings. The van der Waals surface area contributed by atoms with Crippen LogP contribution in [0.1, 0.15) is 96.4 Å². The molecule has 1 unspecified atom stereocenters. The average Bonchev–Trinajstić information content (AvgIpc) is 3.44. The summed E-state index contributed by atoms with van der Waals surface area (Å²) in [5.41, 5.74) is 4.77. The van der Waals surface area contributed by atoms with Crippen molar-refractivity contribution < 1.29 is 38.2 Å². The van der Waals surface area contributed by atoms with Crippen molar-refractivity contribution in [2.45, 2.75) is 78.0 Å². The second kappa shape index (κ2) is 16.0. The van der Waals surface area contributed by atoms with Crippen molar-refractivity contribution in [1.29, 1.82) is 5.26 Å². The third kappa shape index (κ3) is 7.57. The summed E-state index contributed by atoms with van der Waals surface area (Å²) >= 11 is 6.25. The number of nitriles is 1. The van der Waals surface area contributed by atoms with Crippen LogP contribution in [0.25, 0.3) is 0 Å². The largest absolute Gasteiger partial charge is 0.494 e. The molecule has 0 bridgehead atoms. The van der Waals surface area contributed by atoms with Crippen LogP contribution in [-0.2, 0) is 14.4 Å². The highest BCUT2D eigenvalue weighted by Gasteiger charge is 2.68. The van der Waals surface area contributed by atoms with Gasteiger partial charge in [-0.05, 0) is 68.1 Å². The van der Waals surface area contributed by atoms with Crippen molar-refractivity contribution in [3.05, 3.63) is 82.0 Å². The van der Waals surface area contributed by atoms with Crippen LogP contribution in [0.4, 0.5) is 5.82 Å². The number of rotatable bonds is 13. The van der Waals surface area contributed by atoms with Gasteiger partial charge < -0.3 is 25.0 Å². The van der Waals surface area contributed by atoms with Gasteiger partial charge in [0.2, 0.25) is 17.7 Å². The fourth-order valence-corrected chi connectivity index (χ4v) is 9.63. The molecular weight excluding hydrogens is 778 g/mol. The van der Waals surface area contributed by atoms with Crippen LogP contribution in [0.2, 0.25) is 5.02 Å². The third-order valence-electron chi connectivity index (χ3n) is 12.0. The molecule has 7 rings (SSSR count). The molecule has 3 aliphatic heterocycles. The number of hydrogen-bond donors (Lipinski definition) is 1. The van der Waals surface area contributed by atoms with E-state index < -0.39 is 52.6 Å². The van der Waals surface area contributed by atoms with Crippen LogP contribution in [0, 0.1) is 22.2 Å². The first-order valence-corrected chi connectivity index (χ1v) is 20.1. The van der Waals surface area contributed by atoms with E-state index in [4.69, 9.17) is 26.8 Å². The third-order valence-corrected chi connectivity index (χ3v) is 12.3. The predicted octanol–water partition coefficient (Wildman–Crippen LogP) is 4.60. The van der Waals surface area contributed by atoms with Gasteiger partial charge in [0.05, 0.1) is 46.5 Å². The van der Waals surface area contributed by atoms with Gasteiger partial charge in [-0.25, -0.2) is 4.98 Å². The summed E-state index contributed by atoms with van der Waals surface area (Å²) in [5.74, 6) is -1.27. The number of imide groups is 2. The van der Waals surface area contributed by atoms with Crippen molar-refractivity contribution >= 4 is 52.9 Å². The van der Waals surface area contributed by atoms with Crippen molar-refractivity contribution in [3.8, 4) is 17.6 Å². The minimum absolute atomic E-state index is 0.00457. The number of primary amides is 1. The number of nitrogens with zero attached hydrogens (tertiary/aromatic N) is 6. The molecule has 1 aromatic heterocycles.